The predicted octanol–water partition coefficient (Wildman–Crippen LogP) is 0.475. The van der Waals surface area contributed by atoms with Gasteiger partial charge in [-0.2, -0.15) is 0 Å². The van der Waals surface area contributed by atoms with Crippen LogP contribution in [-0.2, 0) is 4.79 Å². The Morgan fingerprint density at radius 2 is 2.10 bits per heavy atom. The molecule has 1 aliphatic rings. The smallest absolute Gasteiger partial charge is 0.310 e. The second-order valence-electron chi connectivity index (χ2n) is 4.48. The van der Waals surface area contributed by atoms with Crippen LogP contribution in [0.15, 0.2) is 18.2 Å². The lowest BCUT2D eigenvalue weighted by Gasteiger charge is -2.38. The van der Waals surface area contributed by atoms with E-state index in [1.165, 1.54) is 25.2 Å². The molecule has 1 amide bonds. The Bertz CT molecular complexity index is 580. The van der Waals surface area contributed by atoms with Crippen LogP contribution < -0.4 is 10.2 Å². The summed E-state index contributed by atoms with van der Waals surface area (Å²) in [4.78, 5) is 34.4. The number of carbonyl (C=O) groups is 2. The molecule has 1 fully saturated rings. The van der Waals surface area contributed by atoms with Gasteiger partial charge in [0.1, 0.15) is 5.69 Å². The number of carboxylic acids is 1. The summed E-state index contributed by atoms with van der Waals surface area (Å²) in [7, 11) is 1.47. The van der Waals surface area contributed by atoms with Gasteiger partial charge in [-0.15, -0.1) is 0 Å². The van der Waals surface area contributed by atoms with Gasteiger partial charge >= 0.3 is 5.97 Å². The first-order valence-corrected chi connectivity index (χ1v) is 5.92. The van der Waals surface area contributed by atoms with Gasteiger partial charge in [0.15, 0.2) is 0 Å². The molecule has 0 aliphatic carbocycles. The lowest BCUT2D eigenvalue weighted by molar-refractivity contribution is -0.384. The monoisotopic (exact) mass is 279 g/mol. The third-order valence-electron chi connectivity index (χ3n) is 3.23. The second kappa shape index (κ2) is 5.16. The van der Waals surface area contributed by atoms with Crippen LogP contribution in [0.4, 0.5) is 11.4 Å². The quantitative estimate of drug-likeness (QED) is 0.612. The summed E-state index contributed by atoms with van der Waals surface area (Å²) in [6.45, 7) is 0.404. The summed E-state index contributed by atoms with van der Waals surface area (Å²) in [5, 5.41) is 22.3. The van der Waals surface area contributed by atoms with Gasteiger partial charge < -0.3 is 15.3 Å². The average Bonchev–Trinajstić information content (AvgIpc) is 2.35. The van der Waals surface area contributed by atoms with Crippen LogP contribution in [0, 0.1) is 16.0 Å². The highest BCUT2D eigenvalue weighted by Gasteiger charge is 2.36. The number of amides is 1. The highest BCUT2D eigenvalue weighted by molar-refractivity contribution is 5.96. The standard InChI is InChI=1S/C12H13N3O5/c1-13-11(16)7-2-3-9(15(19)20)10(4-7)14-5-8(6-14)12(17)18/h2-4,8H,5-6H2,1H3,(H,13,16)(H,17,18). The normalized spacial score (nSPS) is 14.6. The topological polar surface area (TPSA) is 113 Å². The third kappa shape index (κ3) is 2.40. The van der Waals surface area contributed by atoms with Gasteiger partial charge in [-0.3, -0.25) is 19.7 Å². The van der Waals surface area contributed by atoms with Crippen molar-refractivity contribution in [3.63, 3.8) is 0 Å². The summed E-state index contributed by atoms with van der Waals surface area (Å²) in [5.41, 5.74) is 0.432. The number of nitro benzene ring substituents is 1. The predicted molar refractivity (Wildman–Crippen MR) is 69.8 cm³/mol. The van der Waals surface area contributed by atoms with Crippen LogP contribution in [0.2, 0.25) is 0 Å². The number of nitro groups is 1. The zero-order chi connectivity index (χ0) is 14.9. The minimum Gasteiger partial charge on any atom is -0.481 e. The summed E-state index contributed by atoms with van der Waals surface area (Å²) in [5.74, 6) is -1.80. The number of nitrogens with one attached hydrogen (secondary N) is 1. The van der Waals surface area contributed by atoms with Gasteiger partial charge in [0, 0.05) is 31.8 Å². The van der Waals surface area contributed by atoms with E-state index in [0.717, 1.165) is 0 Å². The van der Waals surface area contributed by atoms with Crippen LogP contribution in [0.25, 0.3) is 0 Å². The third-order valence-corrected chi connectivity index (χ3v) is 3.23. The van der Waals surface area contributed by atoms with Gasteiger partial charge in [0.05, 0.1) is 10.8 Å². The molecule has 1 aromatic rings. The van der Waals surface area contributed by atoms with Crippen molar-refractivity contribution < 1.29 is 19.6 Å². The Balaban J connectivity index is 2.31. The van der Waals surface area contributed by atoms with Gasteiger partial charge in [-0.05, 0) is 12.1 Å². The molecule has 0 spiro atoms. The zero-order valence-electron chi connectivity index (χ0n) is 10.7. The number of anilines is 1. The fraction of sp³-hybridized carbons (Fsp3) is 0.333. The van der Waals surface area contributed by atoms with E-state index in [9.17, 15) is 19.7 Å². The van der Waals surface area contributed by atoms with Gasteiger partial charge in [0.25, 0.3) is 11.6 Å². The highest BCUT2D eigenvalue weighted by Crippen LogP contribution is 2.34. The van der Waals surface area contributed by atoms with Crippen molar-refractivity contribution in [1.29, 1.82) is 0 Å². The molecule has 0 bridgehead atoms. The minimum atomic E-state index is -0.925. The summed E-state index contributed by atoms with van der Waals surface area (Å²) in [6, 6.07) is 4.04. The molecule has 8 nitrogen and oxygen atoms in total. The number of carboxylic acid groups (broad SMARTS) is 1. The maximum atomic E-state index is 11.6. The lowest BCUT2D eigenvalue weighted by atomic mass is 9.98. The van der Waals surface area contributed by atoms with Crippen LogP contribution >= 0.6 is 0 Å². The van der Waals surface area contributed by atoms with E-state index in [4.69, 9.17) is 5.11 Å². The Morgan fingerprint density at radius 3 is 2.60 bits per heavy atom. The van der Waals surface area contributed by atoms with Crippen LogP contribution in [0.1, 0.15) is 10.4 Å². The number of aliphatic carboxylic acids is 1. The van der Waals surface area contributed by atoms with Crippen LogP contribution in [0.5, 0.6) is 0 Å². The Morgan fingerprint density at radius 1 is 1.45 bits per heavy atom. The number of rotatable bonds is 4. The summed E-state index contributed by atoms with van der Waals surface area (Å²) < 4.78 is 0. The first-order chi connectivity index (χ1) is 9.43. The first kappa shape index (κ1) is 13.8. The minimum absolute atomic E-state index is 0.138. The number of hydrogen-bond acceptors (Lipinski definition) is 5. The molecule has 0 radical (unpaired) electrons. The van der Waals surface area contributed by atoms with E-state index in [0.29, 0.717) is 5.56 Å². The van der Waals surface area contributed by atoms with Crippen molar-refractivity contribution in [3.8, 4) is 0 Å². The zero-order valence-corrected chi connectivity index (χ0v) is 10.7. The van der Waals surface area contributed by atoms with E-state index < -0.39 is 16.8 Å². The Hall–Kier alpha value is -2.64. The molecule has 1 heterocycles. The SMILES string of the molecule is CNC(=O)c1ccc([N+](=O)[O-])c(N2CC(C(=O)O)C2)c1. The Labute approximate surface area is 114 Å². The number of hydrogen-bond donors (Lipinski definition) is 2. The highest BCUT2D eigenvalue weighted by atomic mass is 16.6. The molecule has 0 aromatic heterocycles. The molecule has 0 saturated carbocycles. The lowest BCUT2D eigenvalue weighted by Crippen LogP contribution is -2.50. The van der Waals surface area contributed by atoms with E-state index in [-0.39, 0.29) is 30.4 Å². The van der Waals surface area contributed by atoms with Crippen LogP contribution in [0.3, 0.4) is 0 Å². The number of nitrogens with zero attached hydrogens (tertiary/aromatic N) is 2. The molecule has 2 rings (SSSR count). The maximum Gasteiger partial charge on any atom is 0.310 e. The molecule has 1 aliphatic heterocycles. The van der Waals surface area contributed by atoms with Crippen molar-refractivity contribution in [2.75, 3.05) is 25.0 Å². The molecule has 1 aromatic carbocycles. The van der Waals surface area contributed by atoms with Crippen molar-refractivity contribution in [2.45, 2.75) is 0 Å². The van der Waals surface area contributed by atoms with E-state index in [2.05, 4.69) is 5.32 Å². The molecule has 0 unspecified atom stereocenters. The van der Waals surface area contributed by atoms with Gasteiger partial charge in [-0.25, -0.2) is 0 Å². The fourth-order valence-electron chi connectivity index (χ4n) is 2.05. The van der Waals surface area contributed by atoms with Crippen LogP contribution in [-0.4, -0.2) is 42.0 Å². The van der Waals surface area contributed by atoms with E-state index >= 15 is 0 Å². The summed E-state index contributed by atoms with van der Waals surface area (Å²) >= 11 is 0. The first-order valence-electron chi connectivity index (χ1n) is 5.92. The van der Waals surface area contributed by atoms with Crippen molar-refractivity contribution in [3.05, 3.63) is 33.9 Å². The maximum absolute atomic E-state index is 11.6. The molecule has 2 N–H and O–H groups in total. The van der Waals surface area contributed by atoms with Gasteiger partial charge in [0.2, 0.25) is 0 Å². The van der Waals surface area contributed by atoms with E-state index in [1.807, 2.05) is 0 Å². The van der Waals surface area contributed by atoms with Crippen molar-refractivity contribution in [2.24, 2.45) is 5.92 Å². The molecular formula is C12H13N3O5. The van der Waals surface area contributed by atoms with Crippen molar-refractivity contribution in [1.82, 2.24) is 5.32 Å². The molecule has 8 heteroatoms. The van der Waals surface area contributed by atoms with Gasteiger partial charge in [-0.1, -0.05) is 0 Å². The molecule has 1 saturated heterocycles. The summed E-state index contributed by atoms with van der Waals surface area (Å²) in [6.07, 6.45) is 0. The molecule has 0 atom stereocenters. The largest absolute Gasteiger partial charge is 0.481 e. The molecular weight excluding hydrogens is 266 g/mol. The second-order valence-corrected chi connectivity index (χ2v) is 4.48. The fourth-order valence-corrected chi connectivity index (χ4v) is 2.05. The number of benzene rings is 1. The molecule has 20 heavy (non-hydrogen) atoms. The van der Waals surface area contributed by atoms with E-state index in [1.54, 1.807) is 4.90 Å². The molecule has 106 valence electrons. The average molecular weight is 279 g/mol. The van der Waals surface area contributed by atoms with Crippen molar-refractivity contribution >= 4 is 23.3 Å². The Kier molecular flexibility index (Phi) is 3.55. The number of carbonyl (C=O) groups excluding carboxylic acids is 1.